The van der Waals surface area contributed by atoms with Crippen molar-refractivity contribution in [2.45, 2.75) is 67.7 Å². The molecule has 1 amide bonds. The molecule has 2 aliphatic carbocycles. The molecule has 2 saturated carbocycles. The highest BCUT2D eigenvalue weighted by molar-refractivity contribution is 6.25. The Kier molecular flexibility index (Phi) is 6.58. The van der Waals surface area contributed by atoms with Crippen molar-refractivity contribution >= 4 is 34.9 Å². The van der Waals surface area contributed by atoms with Crippen LogP contribution in [-0.4, -0.2) is 53.9 Å². The van der Waals surface area contributed by atoms with Crippen LogP contribution in [0.25, 0.3) is 0 Å². The van der Waals surface area contributed by atoms with E-state index in [2.05, 4.69) is 16.0 Å². The van der Waals surface area contributed by atoms with Gasteiger partial charge in [-0.1, -0.05) is 0 Å². The smallest absolute Gasteiger partial charge is 0.224 e. The Bertz CT molecular complexity index is 496. The molecule has 3 fully saturated rings. The Morgan fingerprint density at radius 2 is 1.60 bits per heavy atom. The van der Waals surface area contributed by atoms with E-state index in [-0.39, 0.29) is 36.2 Å². The van der Waals surface area contributed by atoms with Gasteiger partial charge in [0.2, 0.25) is 5.91 Å². The zero-order chi connectivity index (χ0) is 18.0. The van der Waals surface area contributed by atoms with Crippen LogP contribution in [0, 0.1) is 11.8 Å². The highest BCUT2D eigenvalue weighted by Gasteiger charge is 2.40. The summed E-state index contributed by atoms with van der Waals surface area (Å²) < 4.78 is 13.8. The third-order valence-corrected chi connectivity index (χ3v) is 6.61. The van der Waals surface area contributed by atoms with Crippen LogP contribution in [0.5, 0.6) is 0 Å². The summed E-state index contributed by atoms with van der Waals surface area (Å²) in [4.78, 5) is 24.9. The van der Waals surface area contributed by atoms with Gasteiger partial charge in [0, 0.05) is 30.4 Å². The minimum Gasteiger partial charge on any atom is -0.353 e. The van der Waals surface area contributed by atoms with E-state index >= 15 is 0 Å². The van der Waals surface area contributed by atoms with Gasteiger partial charge < -0.3 is 5.32 Å². The van der Waals surface area contributed by atoms with Gasteiger partial charge in [-0.3, -0.25) is 20.2 Å². The van der Waals surface area contributed by atoms with E-state index in [0.717, 1.165) is 38.8 Å². The molecule has 142 valence electrons. The van der Waals surface area contributed by atoms with E-state index in [1.54, 1.807) is 0 Å². The van der Waals surface area contributed by atoms with E-state index in [0.29, 0.717) is 6.42 Å². The second-order valence-electron chi connectivity index (χ2n) is 7.43. The predicted octanol–water partition coefficient (Wildman–Crippen LogP) is 1.71. The summed E-state index contributed by atoms with van der Waals surface area (Å²) in [6, 6.07) is 0.0386. The van der Waals surface area contributed by atoms with E-state index in [1.807, 2.05) is 0 Å². The number of carbonyl (C=O) groups is 2. The summed E-state index contributed by atoms with van der Waals surface area (Å²) in [6.45, 7) is 1.64. The molecule has 0 aromatic heterocycles. The maximum absolute atomic E-state index is 13.8. The molecular weight excluding hydrogens is 368 g/mol. The number of amides is 1. The predicted molar refractivity (Wildman–Crippen MR) is 95.6 cm³/mol. The second kappa shape index (κ2) is 8.51. The number of ketones is 1. The lowest BCUT2D eigenvalue weighted by Crippen LogP contribution is -2.48. The number of alkyl halides is 3. The topological polar surface area (TPSA) is 70.2 Å². The minimum atomic E-state index is -1.19. The lowest BCUT2D eigenvalue weighted by Gasteiger charge is -2.34. The summed E-state index contributed by atoms with van der Waals surface area (Å²) >= 11 is 12.1. The molecule has 1 saturated heterocycles. The van der Waals surface area contributed by atoms with Gasteiger partial charge >= 0.3 is 0 Å². The molecule has 25 heavy (non-hydrogen) atoms. The molecule has 0 spiro atoms. The van der Waals surface area contributed by atoms with E-state index in [1.165, 1.54) is 0 Å². The molecule has 1 aliphatic heterocycles. The summed E-state index contributed by atoms with van der Waals surface area (Å²) in [5.74, 6) is -0.444. The van der Waals surface area contributed by atoms with Crippen LogP contribution >= 0.6 is 23.2 Å². The molecule has 0 aromatic carbocycles. The molecule has 0 bridgehead atoms. The first-order valence-electron chi connectivity index (χ1n) is 9.18. The zero-order valence-corrected chi connectivity index (χ0v) is 15.7. The van der Waals surface area contributed by atoms with Gasteiger partial charge in [0.25, 0.3) is 0 Å². The summed E-state index contributed by atoms with van der Waals surface area (Å²) in [5, 5.41) is 8.30. The first kappa shape index (κ1) is 19.3. The maximum Gasteiger partial charge on any atom is 0.224 e. The Morgan fingerprint density at radius 3 is 2.24 bits per heavy atom. The third-order valence-electron chi connectivity index (χ3n) is 5.68. The zero-order valence-electron chi connectivity index (χ0n) is 14.1. The van der Waals surface area contributed by atoms with Crippen molar-refractivity contribution in [1.82, 2.24) is 16.0 Å². The second-order valence-corrected chi connectivity index (χ2v) is 8.55. The van der Waals surface area contributed by atoms with Gasteiger partial charge in [-0.2, -0.15) is 0 Å². The first-order chi connectivity index (χ1) is 12.0. The molecular formula is C17H26Cl2FN3O2. The fourth-order valence-electron chi connectivity index (χ4n) is 4.11. The van der Waals surface area contributed by atoms with Gasteiger partial charge in [0.05, 0.1) is 11.3 Å². The van der Waals surface area contributed by atoms with Gasteiger partial charge in [-0.05, 0) is 38.5 Å². The highest BCUT2D eigenvalue weighted by atomic mass is 35.5. The van der Waals surface area contributed by atoms with Crippen molar-refractivity contribution < 1.29 is 14.0 Å². The molecule has 3 rings (SSSR count). The van der Waals surface area contributed by atoms with Crippen LogP contribution in [0.4, 0.5) is 4.39 Å². The Balaban J connectivity index is 1.45. The molecule has 3 aliphatic rings. The number of halogens is 3. The Labute approximate surface area is 157 Å². The average Bonchev–Trinajstić information content (AvgIpc) is 3.12. The van der Waals surface area contributed by atoms with Crippen molar-refractivity contribution in [3.8, 4) is 0 Å². The summed E-state index contributed by atoms with van der Waals surface area (Å²) in [7, 11) is 0. The number of hydrogen-bond acceptors (Lipinski definition) is 4. The highest BCUT2D eigenvalue weighted by Crippen LogP contribution is 2.34. The Morgan fingerprint density at radius 1 is 0.960 bits per heavy atom. The van der Waals surface area contributed by atoms with E-state index < -0.39 is 22.8 Å². The van der Waals surface area contributed by atoms with Gasteiger partial charge in [0.15, 0.2) is 5.78 Å². The normalized spacial score (nSPS) is 40.0. The van der Waals surface area contributed by atoms with E-state index in [4.69, 9.17) is 23.2 Å². The van der Waals surface area contributed by atoms with Crippen molar-refractivity contribution in [3.63, 3.8) is 0 Å². The van der Waals surface area contributed by atoms with Crippen LogP contribution in [0.2, 0.25) is 0 Å². The summed E-state index contributed by atoms with van der Waals surface area (Å²) in [5.41, 5.74) is 0. The third kappa shape index (κ3) is 4.65. The van der Waals surface area contributed by atoms with Gasteiger partial charge in [-0.25, -0.2) is 4.39 Å². The summed E-state index contributed by atoms with van der Waals surface area (Å²) in [6.07, 6.45) is 2.07. The van der Waals surface area contributed by atoms with Crippen LogP contribution in [0.15, 0.2) is 0 Å². The van der Waals surface area contributed by atoms with Crippen molar-refractivity contribution in [2.75, 3.05) is 13.1 Å². The molecule has 1 heterocycles. The maximum atomic E-state index is 13.8. The molecule has 4 atom stereocenters. The van der Waals surface area contributed by atoms with Crippen LogP contribution in [-0.2, 0) is 9.59 Å². The number of carbonyl (C=O) groups excluding carboxylic acids is 2. The molecule has 4 unspecified atom stereocenters. The molecule has 8 heteroatoms. The average molecular weight is 394 g/mol. The van der Waals surface area contributed by atoms with Crippen LogP contribution in [0.3, 0.4) is 0 Å². The standard InChI is InChI=1S/C17H26Cl2FN3O2/c18-12-8-13(19)14(20)7-11(12)17(25)23-10-3-1-9(2-4-10)15(24)16-21-5-6-22-16/h9-14,16,21-22H,1-8H2,(H,23,25). The van der Waals surface area contributed by atoms with Crippen LogP contribution < -0.4 is 16.0 Å². The number of nitrogens with one attached hydrogen (secondary N) is 3. The van der Waals surface area contributed by atoms with Crippen LogP contribution in [0.1, 0.15) is 38.5 Å². The van der Waals surface area contributed by atoms with Gasteiger partial charge in [-0.15, -0.1) is 23.2 Å². The quantitative estimate of drug-likeness (QED) is 0.635. The van der Waals surface area contributed by atoms with Crippen molar-refractivity contribution in [1.29, 1.82) is 0 Å². The minimum absolute atomic E-state index is 0.0386. The largest absolute Gasteiger partial charge is 0.353 e. The molecule has 0 aromatic rings. The van der Waals surface area contributed by atoms with Crippen molar-refractivity contribution in [2.24, 2.45) is 11.8 Å². The van der Waals surface area contributed by atoms with Gasteiger partial charge in [0.1, 0.15) is 12.3 Å². The lowest BCUT2D eigenvalue weighted by molar-refractivity contribution is -0.127. The number of hydrogen-bond donors (Lipinski definition) is 3. The molecule has 0 radical (unpaired) electrons. The molecule has 3 N–H and O–H groups in total. The number of rotatable bonds is 4. The fourth-order valence-corrected chi connectivity index (χ4v) is 4.90. The molecule has 5 nitrogen and oxygen atoms in total. The number of Topliss-reactive ketones (excluding diaryl/α,β-unsaturated/α-hetero) is 1. The Hall–Kier alpha value is -0.430. The van der Waals surface area contributed by atoms with Crippen molar-refractivity contribution in [3.05, 3.63) is 0 Å². The first-order valence-corrected chi connectivity index (χ1v) is 10.1. The lowest BCUT2D eigenvalue weighted by atomic mass is 9.81. The fraction of sp³-hybridized carbons (Fsp3) is 0.882. The monoisotopic (exact) mass is 393 g/mol. The SMILES string of the molecule is O=C(C1CCC(NC(=O)C2CC(F)C(Cl)CC2Cl)CC1)C1NCCN1. The van der Waals surface area contributed by atoms with E-state index in [9.17, 15) is 14.0 Å².